The molecule has 1 aromatic carbocycles. The Hall–Kier alpha value is -3.38. The van der Waals surface area contributed by atoms with Gasteiger partial charge in [0.05, 0.1) is 23.8 Å². The number of carbonyl (C=O) groups is 1. The zero-order valence-electron chi connectivity index (χ0n) is 18.2. The molecule has 2 N–H and O–H groups in total. The van der Waals surface area contributed by atoms with Gasteiger partial charge in [-0.05, 0) is 26.0 Å². The molecule has 3 aromatic heterocycles. The molecule has 34 heavy (non-hydrogen) atoms. The fourth-order valence-electron chi connectivity index (χ4n) is 3.74. The van der Waals surface area contributed by atoms with E-state index >= 15 is 0 Å². The molecule has 1 saturated heterocycles. The number of hydrogen-bond acceptors (Lipinski definition) is 7. The zero-order chi connectivity index (χ0) is 24.0. The molecular formula is C22H20F3N7OS. The number of aromatic nitrogens is 5. The van der Waals surface area contributed by atoms with Crippen LogP contribution in [0.15, 0.2) is 36.9 Å². The first-order valence-corrected chi connectivity index (χ1v) is 11.4. The summed E-state index contributed by atoms with van der Waals surface area (Å²) < 4.78 is 40.1. The molecule has 0 unspecified atom stereocenters. The largest absolute Gasteiger partial charge is 0.451 e. The Morgan fingerprint density at radius 3 is 2.50 bits per heavy atom. The minimum Gasteiger partial charge on any atom is -0.345 e. The minimum absolute atomic E-state index is 0.199. The number of rotatable bonds is 5. The number of benzene rings is 1. The van der Waals surface area contributed by atoms with Gasteiger partial charge in [-0.3, -0.25) is 9.48 Å². The number of fused-ring (bicyclic) bond motifs is 1. The third-order valence-corrected chi connectivity index (χ3v) is 6.65. The average Bonchev–Trinajstić information content (AvgIpc) is 3.38. The molecule has 0 spiro atoms. The topological polar surface area (TPSA) is 97.6 Å². The van der Waals surface area contributed by atoms with Gasteiger partial charge in [0, 0.05) is 58.6 Å². The maximum absolute atomic E-state index is 13.2. The van der Waals surface area contributed by atoms with Crippen molar-refractivity contribution in [3.8, 4) is 10.6 Å². The van der Waals surface area contributed by atoms with E-state index in [4.69, 9.17) is 0 Å². The number of amides is 1. The van der Waals surface area contributed by atoms with Crippen molar-refractivity contribution in [2.75, 3.05) is 13.1 Å². The van der Waals surface area contributed by atoms with Crippen LogP contribution in [0.3, 0.4) is 0 Å². The van der Waals surface area contributed by atoms with Crippen molar-refractivity contribution in [1.82, 2.24) is 35.4 Å². The number of alkyl halides is 3. The third kappa shape index (κ3) is 4.14. The number of nitrogens with one attached hydrogen (secondary N) is 2. The first-order chi connectivity index (χ1) is 16.2. The highest BCUT2D eigenvalue weighted by Gasteiger charge is 2.34. The fourth-order valence-corrected chi connectivity index (χ4v) is 4.54. The molecule has 8 nitrogen and oxygen atoms in total. The monoisotopic (exact) mass is 487 g/mol. The molecule has 1 fully saturated rings. The Balaban J connectivity index is 1.48. The van der Waals surface area contributed by atoms with E-state index in [0.29, 0.717) is 11.1 Å². The van der Waals surface area contributed by atoms with Crippen molar-refractivity contribution in [3.05, 3.63) is 58.7 Å². The van der Waals surface area contributed by atoms with E-state index < -0.39 is 18.0 Å². The number of carbonyl (C=O) groups excluding carboxylic acids is 1. The predicted octanol–water partition coefficient (Wildman–Crippen LogP) is 3.91. The first-order valence-electron chi connectivity index (χ1n) is 10.6. The van der Waals surface area contributed by atoms with Crippen LogP contribution in [-0.4, -0.2) is 43.7 Å². The Labute approximate surface area is 196 Å². The summed E-state index contributed by atoms with van der Waals surface area (Å²) in [7, 11) is 0. The average molecular weight is 488 g/mol. The van der Waals surface area contributed by atoms with E-state index in [1.807, 2.05) is 11.6 Å². The van der Waals surface area contributed by atoms with Gasteiger partial charge >= 0.3 is 6.18 Å². The molecule has 1 amide bonds. The van der Waals surface area contributed by atoms with E-state index in [0.717, 1.165) is 51.8 Å². The van der Waals surface area contributed by atoms with Crippen LogP contribution in [-0.2, 0) is 6.18 Å². The molecule has 176 valence electrons. The van der Waals surface area contributed by atoms with Gasteiger partial charge in [0.25, 0.3) is 5.91 Å². The summed E-state index contributed by atoms with van der Waals surface area (Å²) >= 11 is 1.53. The minimum atomic E-state index is -4.62. The lowest BCUT2D eigenvalue weighted by atomic mass is 10.0. The van der Waals surface area contributed by atoms with Gasteiger partial charge in [-0.1, -0.05) is 0 Å². The van der Waals surface area contributed by atoms with Crippen molar-refractivity contribution in [2.24, 2.45) is 0 Å². The molecule has 12 heteroatoms. The standard InChI is InChI=1S/C22H20F3N7OS/c1-11-5-27-20(34-11)16-3-13(4-18-17(16)10-30-32(18)15-8-26-9-15)19(33)31-12(2)14-6-28-21(29-7-14)22(23,24)25/h3-7,10,12,15,26H,8-9H2,1-2H3,(H,31,33)/t12-/m1/s1. The number of halogens is 3. The maximum atomic E-state index is 13.2. The van der Waals surface area contributed by atoms with E-state index in [1.165, 1.54) is 11.3 Å². The summed E-state index contributed by atoms with van der Waals surface area (Å²) in [5, 5.41) is 12.3. The van der Waals surface area contributed by atoms with E-state index in [9.17, 15) is 18.0 Å². The molecule has 1 aliphatic heterocycles. The fraction of sp³-hybridized carbons (Fsp3) is 0.318. The lowest BCUT2D eigenvalue weighted by Crippen LogP contribution is -2.43. The number of aryl methyl sites for hydroxylation is 1. The van der Waals surface area contributed by atoms with Gasteiger partial charge in [-0.15, -0.1) is 11.3 Å². The molecule has 1 atom stereocenters. The lowest BCUT2D eigenvalue weighted by Gasteiger charge is -2.28. The summed E-state index contributed by atoms with van der Waals surface area (Å²) in [4.78, 5) is 25.5. The Kier molecular flexibility index (Phi) is 5.56. The van der Waals surface area contributed by atoms with Crippen molar-refractivity contribution in [1.29, 1.82) is 0 Å². The molecule has 4 aromatic rings. The second-order valence-corrected chi connectivity index (χ2v) is 9.40. The normalized spacial score (nSPS) is 15.3. The van der Waals surface area contributed by atoms with Crippen LogP contribution >= 0.6 is 11.3 Å². The lowest BCUT2D eigenvalue weighted by molar-refractivity contribution is -0.145. The van der Waals surface area contributed by atoms with Gasteiger partial charge in [0.2, 0.25) is 5.82 Å². The Morgan fingerprint density at radius 2 is 1.91 bits per heavy atom. The van der Waals surface area contributed by atoms with Crippen LogP contribution < -0.4 is 10.6 Å². The number of hydrogen-bond donors (Lipinski definition) is 2. The second kappa shape index (κ2) is 8.44. The van der Waals surface area contributed by atoms with E-state index in [2.05, 4.69) is 30.7 Å². The van der Waals surface area contributed by atoms with E-state index in [1.54, 1.807) is 31.5 Å². The van der Waals surface area contributed by atoms with Crippen LogP contribution in [0.5, 0.6) is 0 Å². The van der Waals surface area contributed by atoms with Crippen molar-refractivity contribution in [3.63, 3.8) is 0 Å². The summed E-state index contributed by atoms with van der Waals surface area (Å²) in [5.74, 6) is -1.59. The highest BCUT2D eigenvalue weighted by atomic mass is 32.1. The van der Waals surface area contributed by atoms with Gasteiger partial charge in [0.15, 0.2) is 0 Å². The van der Waals surface area contributed by atoms with Gasteiger partial charge in [-0.2, -0.15) is 18.3 Å². The molecule has 0 bridgehead atoms. The molecule has 0 aliphatic carbocycles. The summed E-state index contributed by atoms with van der Waals surface area (Å²) in [5.41, 5.74) is 2.41. The third-order valence-electron chi connectivity index (χ3n) is 5.71. The highest BCUT2D eigenvalue weighted by Crippen LogP contribution is 2.34. The number of nitrogens with zero attached hydrogens (tertiary/aromatic N) is 5. The molecule has 1 aliphatic rings. The van der Waals surface area contributed by atoms with Crippen molar-refractivity contribution < 1.29 is 18.0 Å². The van der Waals surface area contributed by atoms with Crippen LogP contribution in [0.4, 0.5) is 13.2 Å². The molecule has 4 heterocycles. The quantitative estimate of drug-likeness (QED) is 0.443. The van der Waals surface area contributed by atoms with Gasteiger partial charge < -0.3 is 10.6 Å². The number of thiazole rings is 1. The van der Waals surface area contributed by atoms with E-state index in [-0.39, 0.29) is 11.9 Å². The Bertz CT molecular complexity index is 1360. The molecule has 5 rings (SSSR count). The zero-order valence-corrected chi connectivity index (χ0v) is 19.0. The van der Waals surface area contributed by atoms with Crippen molar-refractivity contribution in [2.45, 2.75) is 32.1 Å². The van der Waals surface area contributed by atoms with Crippen LogP contribution in [0.1, 0.15) is 45.6 Å². The molecule has 0 radical (unpaired) electrons. The molecular weight excluding hydrogens is 467 g/mol. The van der Waals surface area contributed by atoms with Crippen LogP contribution in [0.25, 0.3) is 21.5 Å². The first kappa shape index (κ1) is 22.4. The summed E-state index contributed by atoms with van der Waals surface area (Å²) in [6, 6.07) is 3.16. The van der Waals surface area contributed by atoms with Crippen molar-refractivity contribution >= 4 is 28.1 Å². The van der Waals surface area contributed by atoms with Gasteiger partial charge in [-0.25, -0.2) is 15.0 Å². The SMILES string of the molecule is Cc1cnc(-c2cc(C(=O)N[C@H](C)c3cnc(C(F)(F)F)nc3)cc3c2cnn3C2CNC2)s1. The predicted molar refractivity (Wildman–Crippen MR) is 120 cm³/mol. The molecule has 0 saturated carbocycles. The smallest absolute Gasteiger partial charge is 0.345 e. The van der Waals surface area contributed by atoms with Crippen LogP contribution in [0.2, 0.25) is 0 Å². The maximum Gasteiger partial charge on any atom is 0.451 e. The summed E-state index contributed by atoms with van der Waals surface area (Å²) in [6.07, 6.45) is 1.11. The highest BCUT2D eigenvalue weighted by molar-refractivity contribution is 7.15. The van der Waals surface area contributed by atoms with Gasteiger partial charge in [0.1, 0.15) is 5.01 Å². The Morgan fingerprint density at radius 1 is 1.18 bits per heavy atom. The second-order valence-electron chi connectivity index (χ2n) is 8.17. The summed E-state index contributed by atoms with van der Waals surface area (Å²) in [6.45, 7) is 5.22. The van der Waals surface area contributed by atoms with Crippen LogP contribution in [0, 0.1) is 6.92 Å².